The van der Waals surface area contributed by atoms with Crippen molar-refractivity contribution in [2.24, 2.45) is 0 Å². The maximum Gasteiger partial charge on any atom is 0.217 e. The van der Waals surface area contributed by atoms with Crippen LogP contribution in [-0.2, 0) is 16.4 Å². The average Bonchev–Trinajstić information content (AvgIpc) is 2.40. The van der Waals surface area contributed by atoms with Crippen LogP contribution in [0.15, 0.2) is 24.5 Å². The Morgan fingerprint density at radius 3 is 2.47 bits per heavy atom. The van der Waals surface area contributed by atoms with Gasteiger partial charge in [-0.1, -0.05) is 19.3 Å². The van der Waals surface area contributed by atoms with Crippen LogP contribution in [0, 0.1) is 0 Å². The molecule has 1 aliphatic carbocycles. The molecule has 0 amide bonds. The van der Waals surface area contributed by atoms with E-state index in [4.69, 9.17) is 0 Å². The highest BCUT2D eigenvalue weighted by Crippen LogP contribution is 2.33. The Morgan fingerprint density at radius 2 is 1.84 bits per heavy atom. The molecule has 0 unspecified atom stereocenters. The number of hydrogen-bond donors (Lipinski definition) is 1. The molecule has 0 atom stereocenters. The Balaban J connectivity index is 1.91. The van der Waals surface area contributed by atoms with Crippen molar-refractivity contribution < 1.29 is 8.42 Å². The summed E-state index contributed by atoms with van der Waals surface area (Å²) >= 11 is 0. The fraction of sp³-hybridized carbons (Fsp3) is 0.643. The van der Waals surface area contributed by atoms with E-state index < -0.39 is 14.8 Å². The van der Waals surface area contributed by atoms with Crippen LogP contribution in [0.5, 0.6) is 0 Å². The third-order valence-electron chi connectivity index (χ3n) is 4.02. The van der Waals surface area contributed by atoms with Crippen molar-refractivity contribution in [1.82, 2.24) is 9.71 Å². The van der Waals surface area contributed by atoms with Crippen molar-refractivity contribution in [3.63, 3.8) is 0 Å². The summed E-state index contributed by atoms with van der Waals surface area (Å²) in [5, 5.41) is 0. The Hall–Kier alpha value is -0.940. The molecule has 0 saturated heterocycles. The molecule has 5 heteroatoms. The van der Waals surface area contributed by atoms with Crippen LogP contribution in [0.1, 0.15) is 44.6 Å². The van der Waals surface area contributed by atoms with E-state index in [9.17, 15) is 8.42 Å². The number of rotatable bonds is 5. The molecule has 1 fully saturated rings. The van der Waals surface area contributed by atoms with Crippen LogP contribution in [0.3, 0.4) is 0 Å². The molecule has 1 heterocycles. The minimum atomic E-state index is -3.22. The Bertz CT molecular complexity index is 493. The van der Waals surface area contributed by atoms with Gasteiger partial charge in [-0.15, -0.1) is 0 Å². The number of hydrogen-bond acceptors (Lipinski definition) is 3. The fourth-order valence-electron chi connectivity index (χ4n) is 2.62. The Kier molecular flexibility index (Phi) is 4.58. The van der Waals surface area contributed by atoms with E-state index >= 15 is 0 Å². The van der Waals surface area contributed by atoms with Crippen LogP contribution in [-0.4, -0.2) is 24.7 Å². The lowest BCUT2D eigenvalue weighted by atomic mass is 9.90. The normalized spacial score (nSPS) is 19.2. The molecule has 1 aliphatic rings. The summed E-state index contributed by atoms with van der Waals surface area (Å²) in [6.07, 6.45) is 8.90. The first-order valence-corrected chi connectivity index (χ1v) is 8.40. The third kappa shape index (κ3) is 3.54. The van der Waals surface area contributed by atoms with Gasteiger partial charge in [-0.25, -0.2) is 13.1 Å². The number of pyridine rings is 1. The Labute approximate surface area is 115 Å². The highest BCUT2D eigenvalue weighted by molar-refractivity contribution is 7.90. The van der Waals surface area contributed by atoms with Crippen LogP contribution >= 0.6 is 0 Å². The zero-order valence-electron chi connectivity index (χ0n) is 11.4. The first-order chi connectivity index (χ1) is 9.04. The second-order valence-electron chi connectivity index (χ2n) is 5.51. The van der Waals surface area contributed by atoms with Crippen LogP contribution in [0.4, 0.5) is 0 Å². The van der Waals surface area contributed by atoms with Gasteiger partial charge in [0.25, 0.3) is 0 Å². The van der Waals surface area contributed by atoms with Gasteiger partial charge in [-0.3, -0.25) is 4.98 Å². The molecule has 1 aromatic heterocycles. The lowest BCUT2D eigenvalue weighted by Gasteiger charge is -2.33. The quantitative estimate of drug-likeness (QED) is 0.901. The lowest BCUT2D eigenvalue weighted by Crippen LogP contribution is -2.45. The Morgan fingerprint density at radius 1 is 1.21 bits per heavy atom. The first-order valence-electron chi connectivity index (χ1n) is 6.92. The molecule has 0 radical (unpaired) electrons. The number of nitrogens with one attached hydrogen (secondary N) is 1. The van der Waals surface area contributed by atoms with Gasteiger partial charge in [0.05, 0.1) is 4.75 Å². The van der Waals surface area contributed by atoms with Crippen LogP contribution < -0.4 is 4.72 Å². The van der Waals surface area contributed by atoms with Crippen molar-refractivity contribution >= 4 is 10.0 Å². The lowest BCUT2D eigenvalue weighted by molar-refractivity contribution is 0.390. The topological polar surface area (TPSA) is 59.1 Å². The molecule has 0 aliphatic heterocycles. The van der Waals surface area contributed by atoms with Gasteiger partial charge < -0.3 is 0 Å². The van der Waals surface area contributed by atoms with E-state index in [1.54, 1.807) is 12.4 Å². The number of nitrogens with zero attached hydrogens (tertiary/aromatic N) is 1. The zero-order valence-corrected chi connectivity index (χ0v) is 12.2. The predicted octanol–water partition coefficient (Wildman–Crippen LogP) is 2.27. The van der Waals surface area contributed by atoms with Crippen molar-refractivity contribution in [2.75, 3.05) is 6.54 Å². The van der Waals surface area contributed by atoms with Crippen molar-refractivity contribution in [1.29, 1.82) is 0 Å². The molecular formula is C14H22N2O2S. The molecular weight excluding hydrogens is 260 g/mol. The molecule has 0 bridgehead atoms. The van der Waals surface area contributed by atoms with Crippen molar-refractivity contribution in [3.8, 4) is 0 Å². The summed E-state index contributed by atoms with van der Waals surface area (Å²) in [5.41, 5.74) is 1.10. The molecule has 2 rings (SSSR count). The predicted molar refractivity (Wildman–Crippen MR) is 76.4 cm³/mol. The molecule has 4 nitrogen and oxygen atoms in total. The van der Waals surface area contributed by atoms with E-state index in [0.717, 1.165) is 37.7 Å². The van der Waals surface area contributed by atoms with E-state index in [0.29, 0.717) is 13.0 Å². The van der Waals surface area contributed by atoms with Gasteiger partial charge >= 0.3 is 0 Å². The van der Waals surface area contributed by atoms with Gasteiger partial charge in [0.1, 0.15) is 0 Å². The minimum Gasteiger partial charge on any atom is -0.265 e. The number of aromatic nitrogens is 1. The largest absolute Gasteiger partial charge is 0.265 e. The number of sulfonamides is 1. The summed E-state index contributed by atoms with van der Waals surface area (Å²) in [7, 11) is -3.22. The second kappa shape index (κ2) is 6.01. The van der Waals surface area contributed by atoms with Crippen molar-refractivity contribution in [3.05, 3.63) is 30.1 Å². The van der Waals surface area contributed by atoms with E-state index in [1.807, 2.05) is 19.1 Å². The molecule has 1 aromatic rings. The standard InChI is InChI=1S/C14H22N2O2S/c1-14(8-3-2-4-9-14)19(17,18)16-12-7-13-5-10-15-11-6-13/h5-6,10-11,16H,2-4,7-9,12H2,1H3. The minimum absolute atomic E-state index is 0.460. The zero-order chi connectivity index (χ0) is 13.8. The fourth-order valence-corrected chi connectivity index (χ4v) is 4.17. The highest BCUT2D eigenvalue weighted by atomic mass is 32.2. The SMILES string of the molecule is CC1(S(=O)(=O)NCCc2ccncc2)CCCCC1. The maximum atomic E-state index is 12.4. The average molecular weight is 282 g/mol. The van der Waals surface area contributed by atoms with E-state index in [1.165, 1.54) is 0 Å². The molecule has 1 saturated carbocycles. The summed E-state index contributed by atoms with van der Waals surface area (Å²) in [6.45, 7) is 2.34. The van der Waals surface area contributed by atoms with Gasteiger partial charge in [0.2, 0.25) is 10.0 Å². The molecule has 1 N–H and O–H groups in total. The summed E-state index contributed by atoms with van der Waals surface area (Å²) in [5.74, 6) is 0. The summed E-state index contributed by atoms with van der Waals surface area (Å²) in [6, 6.07) is 3.83. The monoisotopic (exact) mass is 282 g/mol. The third-order valence-corrected chi connectivity index (χ3v) is 6.31. The first kappa shape index (κ1) is 14.5. The van der Waals surface area contributed by atoms with Gasteiger partial charge in [0.15, 0.2) is 0 Å². The van der Waals surface area contributed by atoms with Gasteiger partial charge in [0, 0.05) is 18.9 Å². The molecule has 19 heavy (non-hydrogen) atoms. The maximum absolute atomic E-state index is 12.4. The smallest absolute Gasteiger partial charge is 0.217 e. The van der Waals surface area contributed by atoms with Gasteiger partial charge in [-0.2, -0.15) is 0 Å². The van der Waals surface area contributed by atoms with Crippen LogP contribution in [0.2, 0.25) is 0 Å². The second-order valence-corrected chi connectivity index (χ2v) is 7.79. The summed E-state index contributed by atoms with van der Waals surface area (Å²) in [4.78, 5) is 3.95. The van der Waals surface area contributed by atoms with E-state index in [2.05, 4.69) is 9.71 Å². The van der Waals surface area contributed by atoms with Crippen molar-refractivity contribution in [2.45, 2.75) is 50.2 Å². The van der Waals surface area contributed by atoms with E-state index in [-0.39, 0.29) is 0 Å². The molecule has 106 valence electrons. The molecule has 0 spiro atoms. The van der Waals surface area contributed by atoms with Gasteiger partial charge in [-0.05, 0) is 43.9 Å². The highest BCUT2D eigenvalue weighted by Gasteiger charge is 2.39. The van der Waals surface area contributed by atoms with Crippen LogP contribution in [0.25, 0.3) is 0 Å². The summed E-state index contributed by atoms with van der Waals surface area (Å²) < 4.78 is 26.9. The molecule has 0 aromatic carbocycles.